The number of benzene rings is 1. The molecule has 3 heterocycles. The fourth-order valence-electron chi connectivity index (χ4n) is 2.27. The molecule has 0 saturated carbocycles. The van der Waals surface area contributed by atoms with E-state index in [1.165, 1.54) is 4.57 Å². The summed E-state index contributed by atoms with van der Waals surface area (Å²) in [6, 6.07) is 10.0. The minimum atomic E-state index is -0.622. The molecule has 25 heavy (non-hydrogen) atoms. The Balaban J connectivity index is 1.52. The van der Waals surface area contributed by atoms with Crippen molar-refractivity contribution in [3.63, 3.8) is 0 Å². The Hall–Kier alpha value is -3.14. The highest BCUT2D eigenvalue weighted by molar-refractivity contribution is 9.10. The maximum absolute atomic E-state index is 12.2. The quantitative estimate of drug-likeness (QED) is 0.555. The van der Waals surface area contributed by atoms with Crippen LogP contribution in [0.25, 0.3) is 22.8 Å². The zero-order valence-electron chi connectivity index (χ0n) is 12.4. The monoisotopic (exact) mass is 404 g/mol. The molecule has 126 valence electrons. The largest absolute Gasteiger partial charge is 0.444 e. The van der Waals surface area contributed by atoms with Gasteiger partial charge in [0.2, 0.25) is 5.91 Å². The summed E-state index contributed by atoms with van der Waals surface area (Å²) in [5.74, 6) is -0.656. The van der Waals surface area contributed by atoms with Crippen LogP contribution >= 0.6 is 15.9 Å². The molecule has 0 fully saturated rings. The molecule has 1 amide bonds. The number of amides is 1. The topological polar surface area (TPSA) is 116 Å². The molecule has 1 N–H and O–H groups in total. The first-order valence-corrected chi connectivity index (χ1v) is 7.87. The van der Waals surface area contributed by atoms with Gasteiger partial charge in [0, 0.05) is 0 Å². The number of hydrogen-bond acceptors (Lipinski definition) is 7. The van der Waals surface area contributed by atoms with Crippen LogP contribution in [0, 0.1) is 0 Å². The van der Waals surface area contributed by atoms with Gasteiger partial charge in [-0.2, -0.15) is 0 Å². The number of carbonyl (C=O) groups excluding carboxylic acids is 1. The van der Waals surface area contributed by atoms with Gasteiger partial charge < -0.3 is 13.3 Å². The van der Waals surface area contributed by atoms with Gasteiger partial charge in [-0.15, -0.1) is 5.10 Å². The van der Waals surface area contributed by atoms with Crippen molar-refractivity contribution in [2.24, 2.45) is 0 Å². The van der Waals surface area contributed by atoms with E-state index in [4.69, 9.17) is 13.3 Å². The van der Waals surface area contributed by atoms with E-state index < -0.39 is 11.7 Å². The molecule has 0 radical (unpaired) electrons. The zero-order chi connectivity index (χ0) is 17.4. The number of carbonyl (C=O) groups is 1. The van der Waals surface area contributed by atoms with Crippen LogP contribution in [0.4, 0.5) is 6.01 Å². The number of nitrogens with zero attached hydrogens (tertiary/aromatic N) is 3. The minimum Gasteiger partial charge on any atom is -0.444 e. The standard InChI is InChI=1S/C15H9BrN4O5/c16-11-6-5-10(23-11)13-18-19-14(25-13)17-12(21)7-20-8-3-1-2-4-9(8)24-15(20)22/h1-6H,7H2,(H,17,19,21). The van der Waals surface area contributed by atoms with Gasteiger partial charge in [-0.1, -0.05) is 17.2 Å². The van der Waals surface area contributed by atoms with Gasteiger partial charge in [-0.25, -0.2) is 4.79 Å². The normalized spacial score (nSPS) is 11.1. The molecule has 0 saturated heterocycles. The molecule has 3 aromatic heterocycles. The van der Waals surface area contributed by atoms with E-state index in [1.807, 2.05) is 0 Å². The van der Waals surface area contributed by atoms with Crippen molar-refractivity contribution in [2.75, 3.05) is 5.32 Å². The van der Waals surface area contributed by atoms with Crippen molar-refractivity contribution in [1.82, 2.24) is 14.8 Å². The second-order valence-electron chi connectivity index (χ2n) is 4.99. The Kier molecular flexibility index (Phi) is 3.73. The van der Waals surface area contributed by atoms with E-state index >= 15 is 0 Å². The molecule has 1 aromatic carbocycles. The molecule has 0 bridgehead atoms. The van der Waals surface area contributed by atoms with Gasteiger partial charge in [-0.05, 0) is 40.2 Å². The lowest BCUT2D eigenvalue weighted by atomic mass is 10.3. The van der Waals surface area contributed by atoms with E-state index in [1.54, 1.807) is 36.4 Å². The van der Waals surface area contributed by atoms with Gasteiger partial charge in [0.15, 0.2) is 16.0 Å². The molecular formula is C15H9BrN4O5. The Bertz CT molecular complexity index is 1120. The summed E-state index contributed by atoms with van der Waals surface area (Å²) < 4.78 is 17.4. The fraction of sp³-hybridized carbons (Fsp3) is 0.0667. The van der Waals surface area contributed by atoms with Gasteiger partial charge in [0.25, 0.3) is 5.89 Å². The molecule has 0 aliphatic carbocycles. The molecule has 4 aromatic rings. The van der Waals surface area contributed by atoms with Crippen LogP contribution in [0.5, 0.6) is 0 Å². The van der Waals surface area contributed by atoms with Gasteiger partial charge in [-0.3, -0.25) is 14.7 Å². The first-order chi connectivity index (χ1) is 12.1. The molecule has 0 atom stereocenters. The third kappa shape index (κ3) is 2.98. The Morgan fingerprint density at radius 2 is 1.96 bits per heavy atom. The van der Waals surface area contributed by atoms with Gasteiger partial charge in [0.05, 0.1) is 5.52 Å². The predicted octanol–water partition coefficient (Wildman–Crippen LogP) is 2.64. The fourth-order valence-corrected chi connectivity index (χ4v) is 2.58. The second kappa shape index (κ2) is 6.06. The first-order valence-electron chi connectivity index (χ1n) is 7.07. The molecule has 10 heteroatoms. The van der Waals surface area contributed by atoms with Crippen molar-refractivity contribution < 1.29 is 18.0 Å². The molecule has 0 aliphatic heterocycles. The summed E-state index contributed by atoms with van der Waals surface area (Å²) in [5.41, 5.74) is 0.929. The van der Waals surface area contributed by atoms with E-state index in [0.29, 0.717) is 21.5 Å². The molecule has 4 rings (SSSR count). The highest BCUT2D eigenvalue weighted by atomic mass is 79.9. The first kappa shape index (κ1) is 15.4. The highest BCUT2D eigenvalue weighted by Gasteiger charge is 2.16. The average molecular weight is 405 g/mol. The maximum atomic E-state index is 12.2. The number of hydrogen-bond donors (Lipinski definition) is 1. The highest BCUT2D eigenvalue weighted by Crippen LogP contribution is 2.24. The van der Waals surface area contributed by atoms with Gasteiger partial charge >= 0.3 is 11.8 Å². The average Bonchev–Trinajstić information content (AvgIpc) is 3.28. The van der Waals surface area contributed by atoms with Crippen LogP contribution in [0.2, 0.25) is 0 Å². The van der Waals surface area contributed by atoms with Crippen molar-refractivity contribution in [3.05, 3.63) is 51.6 Å². The lowest BCUT2D eigenvalue weighted by molar-refractivity contribution is -0.116. The summed E-state index contributed by atoms with van der Waals surface area (Å²) in [7, 11) is 0. The number of furan rings is 1. The van der Waals surface area contributed by atoms with Gasteiger partial charge in [0.1, 0.15) is 6.54 Å². The van der Waals surface area contributed by atoms with Crippen molar-refractivity contribution in [1.29, 1.82) is 0 Å². The summed E-state index contributed by atoms with van der Waals surface area (Å²) in [6.45, 7) is -0.250. The Labute approximate surface area is 147 Å². The summed E-state index contributed by atoms with van der Waals surface area (Å²) in [5, 5.41) is 9.94. The molecular weight excluding hydrogens is 396 g/mol. The molecule has 0 unspecified atom stereocenters. The predicted molar refractivity (Wildman–Crippen MR) is 88.8 cm³/mol. The van der Waals surface area contributed by atoms with E-state index in [0.717, 1.165) is 0 Å². The number of nitrogens with one attached hydrogen (secondary N) is 1. The number of fused-ring (bicyclic) bond motifs is 1. The summed E-state index contributed by atoms with van der Waals surface area (Å²) in [4.78, 5) is 24.0. The van der Waals surface area contributed by atoms with E-state index in [2.05, 4.69) is 31.4 Å². The third-order valence-corrected chi connectivity index (χ3v) is 3.76. The van der Waals surface area contributed by atoms with Crippen LogP contribution in [0.15, 0.2) is 59.1 Å². The number of oxazole rings is 1. The maximum Gasteiger partial charge on any atom is 0.420 e. The van der Waals surface area contributed by atoms with Crippen molar-refractivity contribution >= 4 is 39.0 Å². The van der Waals surface area contributed by atoms with Crippen LogP contribution in [-0.2, 0) is 11.3 Å². The van der Waals surface area contributed by atoms with Crippen molar-refractivity contribution in [3.8, 4) is 11.7 Å². The van der Waals surface area contributed by atoms with Crippen molar-refractivity contribution in [2.45, 2.75) is 6.54 Å². The van der Waals surface area contributed by atoms with Crippen LogP contribution in [-0.4, -0.2) is 20.7 Å². The smallest absolute Gasteiger partial charge is 0.420 e. The Morgan fingerprint density at radius 3 is 2.76 bits per heavy atom. The van der Waals surface area contributed by atoms with Crippen LogP contribution in [0.3, 0.4) is 0 Å². The molecule has 9 nitrogen and oxygen atoms in total. The number of para-hydroxylation sites is 2. The zero-order valence-corrected chi connectivity index (χ0v) is 14.0. The third-order valence-electron chi connectivity index (χ3n) is 3.33. The number of halogens is 1. The number of anilines is 1. The number of aromatic nitrogens is 3. The Morgan fingerprint density at radius 1 is 1.12 bits per heavy atom. The van der Waals surface area contributed by atoms with E-state index in [9.17, 15) is 9.59 Å². The lowest BCUT2D eigenvalue weighted by Gasteiger charge is -2.01. The minimum absolute atomic E-state index is 0.103. The number of rotatable bonds is 4. The van der Waals surface area contributed by atoms with E-state index in [-0.39, 0.29) is 18.5 Å². The lowest BCUT2D eigenvalue weighted by Crippen LogP contribution is -2.24. The summed E-state index contributed by atoms with van der Waals surface area (Å²) in [6.07, 6.45) is 0. The SMILES string of the molecule is O=C(Cn1c(=O)oc2ccccc21)Nc1nnc(-c2ccc(Br)o2)o1. The summed E-state index contributed by atoms with van der Waals surface area (Å²) >= 11 is 3.17. The van der Waals surface area contributed by atoms with Crippen LogP contribution < -0.4 is 11.1 Å². The second-order valence-corrected chi connectivity index (χ2v) is 5.77. The molecule has 0 aliphatic rings. The molecule has 0 spiro atoms. The van der Waals surface area contributed by atoms with Crippen LogP contribution in [0.1, 0.15) is 0 Å².